The summed E-state index contributed by atoms with van der Waals surface area (Å²) < 4.78 is 4.77. The van der Waals surface area contributed by atoms with Crippen molar-refractivity contribution in [2.75, 3.05) is 0 Å². The first kappa shape index (κ1) is 8.85. The second kappa shape index (κ2) is 3.44. The Morgan fingerprint density at radius 1 is 1.75 bits per heavy atom. The van der Waals surface area contributed by atoms with Crippen molar-refractivity contribution >= 4 is 6.09 Å². The molecule has 1 fully saturated rings. The van der Waals surface area contributed by atoms with Gasteiger partial charge in [-0.05, 0) is 19.3 Å². The number of ether oxygens (including phenoxy) is 1. The molecule has 65 valence electrons. The van der Waals surface area contributed by atoms with Crippen molar-refractivity contribution in [3.05, 3.63) is 6.42 Å². The molecule has 1 unspecified atom stereocenters. The minimum atomic E-state index is -0.982. The highest BCUT2D eigenvalue weighted by Crippen LogP contribution is 2.30. The normalized spacial score (nSPS) is 20.9. The molecule has 0 aromatic rings. The zero-order chi connectivity index (χ0) is 9.03. The number of rotatable bonds is 1. The SMILES string of the molecule is N#CC1(OC(N)=O)C[CH]CCC1. The molecule has 1 aliphatic carbocycles. The average Bonchev–Trinajstić information content (AvgIpc) is 2.05. The van der Waals surface area contributed by atoms with Gasteiger partial charge in [-0.15, -0.1) is 0 Å². The van der Waals surface area contributed by atoms with Crippen molar-refractivity contribution in [1.29, 1.82) is 5.26 Å². The highest BCUT2D eigenvalue weighted by Gasteiger charge is 2.35. The predicted molar refractivity (Wildman–Crippen MR) is 41.8 cm³/mol. The van der Waals surface area contributed by atoms with Crippen LogP contribution in [-0.4, -0.2) is 11.7 Å². The lowest BCUT2D eigenvalue weighted by molar-refractivity contribution is 0.0428. The number of hydrogen-bond donors (Lipinski definition) is 1. The smallest absolute Gasteiger partial charge is 0.406 e. The molecule has 0 aromatic carbocycles. The molecule has 1 radical (unpaired) electrons. The predicted octanol–water partition coefficient (Wildman–Crippen LogP) is 1.12. The number of amides is 1. The topological polar surface area (TPSA) is 76.1 Å². The van der Waals surface area contributed by atoms with Crippen LogP contribution in [0.2, 0.25) is 0 Å². The van der Waals surface area contributed by atoms with Crippen LogP contribution >= 0.6 is 0 Å². The van der Waals surface area contributed by atoms with Gasteiger partial charge < -0.3 is 10.5 Å². The molecule has 1 amide bonds. The molecular weight excluding hydrogens is 156 g/mol. The van der Waals surface area contributed by atoms with Gasteiger partial charge in [0, 0.05) is 12.8 Å². The number of nitrogens with zero attached hydrogens (tertiary/aromatic N) is 1. The Balaban J connectivity index is 2.61. The van der Waals surface area contributed by atoms with E-state index in [1.165, 1.54) is 0 Å². The van der Waals surface area contributed by atoms with Gasteiger partial charge in [-0.1, -0.05) is 0 Å². The van der Waals surface area contributed by atoms with E-state index in [1.807, 2.05) is 12.5 Å². The molecule has 2 N–H and O–H groups in total. The Morgan fingerprint density at radius 3 is 2.92 bits per heavy atom. The Bertz CT molecular complexity index is 214. The van der Waals surface area contributed by atoms with Gasteiger partial charge in [0.05, 0.1) is 0 Å². The minimum Gasteiger partial charge on any atom is -0.428 e. The fourth-order valence-electron chi connectivity index (χ4n) is 1.38. The van der Waals surface area contributed by atoms with Crippen molar-refractivity contribution in [1.82, 2.24) is 0 Å². The van der Waals surface area contributed by atoms with Gasteiger partial charge in [0.1, 0.15) is 6.07 Å². The van der Waals surface area contributed by atoms with Crippen LogP contribution in [0, 0.1) is 17.8 Å². The van der Waals surface area contributed by atoms with Gasteiger partial charge in [0.15, 0.2) is 5.60 Å². The van der Waals surface area contributed by atoms with Gasteiger partial charge in [0.25, 0.3) is 0 Å². The van der Waals surface area contributed by atoms with Crippen molar-refractivity contribution < 1.29 is 9.53 Å². The number of nitriles is 1. The zero-order valence-corrected chi connectivity index (χ0v) is 6.75. The first-order chi connectivity index (χ1) is 5.68. The van der Waals surface area contributed by atoms with E-state index in [9.17, 15) is 4.79 Å². The second-order valence-corrected chi connectivity index (χ2v) is 2.91. The maximum absolute atomic E-state index is 10.5. The standard InChI is InChI=1S/C8H11N2O2/c9-6-8(12-7(10)11)4-2-1-3-5-8/h2H,1,3-5H2,(H2,10,11). The Kier molecular flexibility index (Phi) is 2.54. The van der Waals surface area contributed by atoms with E-state index < -0.39 is 11.7 Å². The van der Waals surface area contributed by atoms with Crippen molar-refractivity contribution in [3.63, 3.8) is 0 Å². The molecule has 0 heterocycles. The molecule has 4 heteroatoms. The van der Waals surface area contributed by atoms with E-state index >= 15 is 0 Å². The molecule has 4 nitrogen and oxygen atoms in total. The summed E-state index contributed by atoms with van der Waals surface area (Å²) >= 11 is 0. The van der Waals surface area contributed by atoms with Crippen LogP contribution in [-0.2, 0) is 4.74 Å². The second-order valence-electron chi connectivity index (χ2n) is 2.91. The van der Waals surface area contributed by atoms with Crippen LogP contribution in [0.15, 0.2) is 0 Å². The van der Waals surface area contributed by atoms with Gasteiger partial charge in [-0.3, -0.25) is 0 Å². The molecule has 1 saturated carbocycles. The monoisotopic (exact) mass is 167 g/mol. The summed E-state index contributed by atoms with van der Waals surface area (Å²) in [6.45, 7) is 0. The fraction of sp³-hybridized carbons (Fsp3) is 0.625. The van der Waals surface area contributed by atoms with E-state index in [0.717, 1.165) is 12.8 Å². The summed E-state index contributed by atoms with van der Waals surface area (Å²) in [5, 5.41) is 8.79. The summed E-state index contributed by atoms with van der Waals surface area (Å²) in [6.07, 6.45) is 4.02. The van der Waals surface area contributed by atoms with E-state index in [4.69, 9.17) is 15.7 Å². The molecule has 1 rings (SSSR count). The van der Waals surface area contributed by atoms with Crippen molar-refractivity contribution in [3.8, 4) is 6.07 Å². The van der Waals surface area contributed by atoms with Crippen LogP contribution in [0.25, 0.3) is 0 Å². The number of primary amides is 1. The lowest BCUT2D eigenvalue weighted by atomic mass is 9.86. The Morgan fingerprint density at radius 2 is 2.50 bits per heavy atom. The van der Waals surface area contributed by atoms with E-state index in [2.05, 4.69) is 0 Å². The van der Waals surface area contributed by atoms with E-state index in [0.29, 0.717) is 12.8 Å². The third-order valence-electron chi connectivity index (χ3n) is 1.96. The van der Waals surface area contributed by atoms with Crippen LogP contribution in [0.3, 0.4) is 0 Å². The number of nitrogens with two attached hydrogens (primary N) is 1. The first-order valence-corrected chi connectivity index (χ1v) is 3.90. The largest absolute Gasteiger partial charge is 0.428 e. The molecular formula is C8H11N2O2. The lowest BCUT2D eigenvalue weighted by Gasteiger charge is -2.28. The lowest BCUT2D eigenvalue weighted by Crippen LogP contribution is -2.37. The molecule has 12 heavy (non-hydrogen) atoms. The third kappa shape index (κ3) is 1.88. The maximum Gasteiger partial charge on any atom is 0.406 e. The summed E-state index contributed by atoms with van der Waals surface area (Å²) in [7, 11) is 0. The van der Waals surface area contributed by atoms with Crippen LogP contribution in [0.5, 0.6) is 0 Å². The van der Waals surface area contributed by atoms with Gasteiger partial charge >= 0.3 is 6.09 Å². The summed E-state index contributed by atoms with van der Waals surface area (Å²) in [5.41, 5.74) is 3.88. The molecule has 0 aromatic heterocycles. The summed E-state index contributed by atoms with van der Waals surface area (Å²) in [4.78, 5) is 10.5. The Hall–Kier alpha value is -1.24. The molecule has 0 spiro atoms. The van der Waals surface area contributed by atoms with Gasteiger partial charge in [0.2, 0.25) is 0 Å². The number of carbonyl (C=O) groups excluding carboxylic acids is 1. The molecule has 1 aliphatic rings. The Labute approximate surface area is 71.3 Å². The van der Waals surface area contributed by atoms with Crippen LogP contribution in [0.4, 0.5) is 4.79 Å². The maximum atomic E-state index is 10.5. The van der Waals surface area contributed by atoms with E-state index in [1.54, 1.807) is 0 Å². The quantitative estimate of drug-likeness (QED) is 0.635. The molecule has 1 atom stereocenters. The summed E-state index contributed by atoms with van der Waals surface area (Å²) in [5.74, 6) is 0. The number of hydrogen-bond acceptors (Lipinski definition) is 3. The number of carbonyl (C=O) groups is 1. The molecule has 0 bridgehead atoms. The fourth-order valence-corrected chi connectivity index (χ4v) is 1.38. The third-order valence-corrected chi connectivity index (χ3v) is 1.96. The van der Waals surface area contributed by atoms with Crippen LogP contribution < -0.4 is 5.73 Å². The summed E-state index contributed by atoms with van der Waals surface area (Å²) in [6, 6.07) is 1.99. The van der Waals surface area contributed by atoms with Crippen LogP contribution in [0.1, 0.15) is 25.7 Å². The molecule has 0 aliphatic heterocycles. The van der Waals surface area contributed by atoms with Gasteiger partial charge in [-0.25, -0.2) is 4.79 Å². The highest BCUT2D eigenvalue weighted by atomic mass is 16.6. The van der Waals surface area contributed by atoms with Crippen molar-refractivity contribution in [2.45, 2.75) is 31.3 Å². The first-order valence-electron chi connectivity index (χ1n) is 3.90. The molecule has 0 saturated heterocycles. The van der Waals surface area contributed by atoms with Crippen molar-refractivity contribution in [2.24, 2.45) is 5.73 Å². The minimum absolute atomic E-state index is 0.493. The zero-order valence-electron chi connectivity index (χ0n) is 6.75. The highest BCUT2D eigenvalue weighted by molar-refractivity contribution is 5.65. The van der Waals surface area contributed by atoms with Gasteiger partial charge in [-0.2, -0.15) is 5.26 Å². The average molecular weight is 167 g/mol. The van der Waals surface area contributed by atoms with E-state index in [-0.39, 0.29) is 0 Å².